The van der Waals surface area contributed by atoms with Crippen LogP contribution in [0.15, 0.2) is 182 Å². The van der Waals surface area contributed by atoms with Crippen molar-refractivity contribution >= 4 is 0 Å². The highest BCUT2D eigenvalue weighted by Gasteiger charge is 2.53. The molecule has 1 N–H and O–H groups in total. The molecule has 1 saturated carbocycles. The monoisotopic (exact) mass is 880 g/mol. The molecule has 0 spiro atoms. The number of aliphatic hydroxyl groups is 1. The summed E-state index contributed by atoms with van der Waals surface area (Å²) >= 11 is 0. The van der Waals surface area contributed by atoms with Crippen molar-refractivity contribution in [2.75, 3.05) is 13.7 Å². The molecule has 1 aliphatic heterocycles. The Morgan fingerprint density at radius 2 is 0.754 bits per heavy atom. The van der Waals surface area contributed by atoms with E-state index in [1.165, 1.54) is 0 Å². The molecular formula is C55H60O10. The lowest BCUT2D eigenvalue weighted by Crippen LogP contribution is -2.65. The number of ether oxygens (including phenoxy) is 9. The molecule has 65 heavy (non-hydrogen) atoms. The maximum absolute atomic E-state index is 12.2. The standard InChI is InChI=1S/C55H60O10/c1-57-55-54(63-38-45-30-18-7-19-31-45)53(62-37-44-28-16-6-17-29-44)51(48(65-55)39-58-33-40-20-8-2-9-21-40)64-47-32-46(56)49(59-34-41-22-10-3-11-23-41)52(61-36-43-26-14-5-15-27-43)50(47)60-35-42-24-12-4-13-25-42/h2-31,46-56H,32-39H2,1H3/t46-,47+,48-,49-,50+,51-,52+,53+,54-,55-/m1/s1. The topological polar surface area (TPSA) is 103 Å². The second-order valence-electron chi connectivity index (χ2n) is 16.5. The van der Waals surface area contributed by atoms with Gasteiger partial charge >= 0.3 is 0 Å². The van der Waals surface area contributed by atoms with Crippen LogP contribution in [0.25, 0.3) is 0 Å². The molecule has 2 aliphatic rings. The Bertz CT molecular complexity index is 2200. The van der Waals surface area contributed by atoms with E-state index in [-0.39, 0.29) is 46.1 Å². The lowest BCUT2D eigenvalue weighted by Gasteiger charge is -2.49. The van der Waals surface area contributed by atoms with Gasteiger partial charge in [0.2, 0.25) is 0 Å². The summed E-state index contributed by atoms with van der Waals surface area (Å²) in [5.74, 6) is 0. The fourth-order valence-electron chi connectivity index (χ4n) is 8.49. The summed E-state index contributed by atoms with van der Waals surface area (Å²) in [6.45, 7) is 1.86. The van der Waals surface area contributed by atoms with E-state index in [2.05, 4.69) is 0 Å². The Morgan fingerprint density at radius 1 is 0.415 bits per heavy atom. The van der Waals surface area contributed by atoms with Crippen LogP contribution in [-0.4, -0.2) is 80.0 Å². The van der Waals surface area contributed by atoms with Gasteiger partial charge in [0.1, 0.15) is 42.7 Å². The second kappa shape index (κ2) is 24.4. The van der Waals surface area contributed by atoms with Crippen molar-refractivity contribution in [2.24, 2.45) is 0 Å². The van der Waals surface area contributed by atoms with Gasteiger partial charge < -0.3 is 47.7 Å². The van der Waals surface area contributed by atoms with Gasteiger partial charge in [-0.25, -0.2) is 0 Å². The van der Waals surface area contributed by atoms with Crippen molar-refractivity contribution in [3.63, 3.8) is 0 Å². The molecule has 6 aromatic rings. The maximum Gasteiger partial charge on any atom is 0.186 e. The van der Waals surface area contributed by atoms with E-state index in [0.717, 1.165) is 33.4 Å². The van der Waals surface area contributed by atoms with Crippen molar-refractivity contribution in [3.8, 4) is 0 Å². The van der Waals surface area contributed by atoms with Crippen LogP contribution in [0.5, 0.6) is 0 Å². The molecule has 0 radical (unpaired) electrons. The van der Waals surface area contributed by atoms with Gasteiger partial charge in [0.25, 0.3) is 0 Å². The summed E-state index contributed by atoms with van der Waals surface area (Å²) < 4.78 is 60.8. The summed E-state index contributed by atoms with van der Waals surface area (Å²) in [5.41, 5.74) is 5.93. The van der Waals surface area contributed by atoms with Crippen LogP contribution >= 0.6 is 0 Å². The molecule has 6 aromatic carbocycles. The van der Waals surface area contributed by atoms with Crippen LogP contribution in [0.3, 0.4) is 0 Å². The van der Waals surface area contributed by atoms with Gasteiger partial charge in [-0.15, -0.1) is 0 Å². The van der Waals surface area contributed by atoms with Crippen LogP contribution in [0.2, 0.25) is 0 Å². The Balaban J connectivity index is 1.15. The third-order valence-electron chi connectivity index (χ3n) is 11.8. The fourth-order valence-corrected chi connectivity index (χ4v) is 8.49. The molecule has 0 aromatic heterocycles. The molecule has 0 amide bonds. The predicted octanol–water partition coefficient (Wildman–Crippen LogP) is 9.02. The first-order valence-electron chi connectivity index (χ1n) is 22.5. The number of hydrogen-bond donors (Lipinski definition) is 1. The van der Waals surface area contributed by atoms with Gasteiger partial charge in [-0.2, -0.15) is 0 Å². The third kappa shape index (κ3) is 13.3. The SMILES string of the molecule is CO[C@@H]1O[C@H](COCc2ccccc2)[C@@H](O[C@H]2C[C@@H](O)[C@@H](OCc3ccccc3)[C@H](OCc3ccccc3)[C@H]2OCc2ccccc2)[C@H](OCc2ccccc2)[C@H]1OCc1ccccc1. The summed E-state index contributed by atoms with van der Waals surface area (Å²) in [6, 6.07) is 59.9. The summed E-state index contributed by atoms with van der Waals surface area (Å²) in [6.07, 6.45) is -7.54. The Morgan fingerprint density at radius 3 is 1.15 bits per heavy atom. The van der Waals surface area contributed by atoms with Crippen molar-refractivity contribution in [1.82, 2.24) is 0 Å². The van der Waals surface area contributed by atoms with Gasteiger partial charge in [-0.3, -0.25) is 0 Å². The van der Waals surface area contributed by atoms with Crippen LogP contribution in [-0.2, 0) is 82.3 Å². The van der Waals surface area contributed by atoms with E-state index >= 15 is 0 Å². The first-order valence-corrected chi connectivity index (χ1v) is 22.5. The minimum Gasteiger partial charge on any atom is -0.390 e. The van der Waals surface area contributed by atoms with Crippen molar-refractivity contribution in [1.29, 1.82) is 0 Å². The Labute approximate surface area is 382 Å². The van der Waals surface area contributed by atoms with Gasteiger partial charge in [-0.05, 0) is 33.4 Å². The number of methoxy groups -OCH3 is 1. The lowest BCUT2D eigenvalue weighted by atomic mass is 9.85. The number of rotatable bonds is 22. The summed E-state index contributed by atoms with van der Waals surface area (Å²) in [7, 11) is 1.61. The molecule has 0 bridgehead atoms. The molecule has 10 atom stereocenters. The highest BCUT2D eigenvalue weighted by molar-refractivity contribution is 5.18. The smallest absolute Gasteiger partial charge is 0.186 e. The molecule has 1 aliphatic carbocycles. The molecule has 10 heteroatoms. The minimum atomic E-state index is -0.987. The van der Waals surface area contributed by atoms with E-state index < -0.39 is 61.2 Å². The number of benzene rings is 6. The summed E-state index contributed by atoms with van der Waals surface area (Å²) in [4.78, 5) is 0. The zero-order valence-corrected chi connectivity index (χ0v) is 36.9. The van der Waals surface area contributed by atoms with Gasteiger partial charge in [0.05, 0.1) is 58.5 Å². The highest BCUT2D eigenvalue weighted by atomic mass is 16.7. The predicted molar refractivity (Wildman–Crippen MR) is 246 cm³/mol. The van der Waals surface area contributed by atoms with E-state index in [9.17, 15) is 5.11 Å². The molecule has 1 heterocycles. The second-order valence-corrected chi connectivity index (χ2v) is 16.5. The molecule has 1 saturated heterocycles. The Kier molecular flexibility index (Phi) is 17.5. The van der Waals surface area contributed by atoms with Crippen LogP contribution in [0.1, 0.15) is 39.8 Å². The van der Waals surface area contributed by atoms with E-state index in [1.807, 2.05) is 182 Å². The van der Waals surface area contributed by atoms with Gasteiger partial charge in [0, 0.05) is 13.5 Å². The molecule has 0 unspecified atom stereocenters. The quantitative estimate of drug-likeness (QED) is 0.0711. The Hall–Kier alpha value is -5.08. The zero-order chi connectivity index (χ0) is 44.5. The first kappa shape index (κ1) is 46.4. The highest BCUT2D eigenvalue weighted by Crippen LogP contribution is 2.37. The van der Waals surface area contributed by atoms with Crippen LogP contribution < -0.4 is 0 Å². The molecule has 2 fully saturated rings. The average Bonchev–Trinajstić information content (AvgIpc) is 3.36. The normalized spacial score (nSPS) is 25.6. The molecular weight excluding hydrogens is 821 g/mol. The van der Waals surface area contributed by atoms with E-state index in [4.69, 9.17) is 42.6 Å². The van der Waals surface area contributed by atoms with Crippen molar-refractivity contribution < 1.29 is 47.7 Å². The van der Waals surface area contributed by atoms with Gasteiger partial charge in [-0.1, -0.05) is 182 Å². The lowest BCUT2D eigenvalue weighted by molar-refractivity contribution is -0.337. The molecule has 10 nitrogen and oxygen atoms in total. The number of hydrogen-bond acceptors (Lipinski definition) is 10. The van der Waals surface area contributed by atoms with Crippen molar-refractivity contribution in [2.45, 2.75) is 107 Å². The van der Waals surface area contributed by atoms with Crippen LogP contribution in [0, 0.1) is 0 Å². The fraction of sp³-hybridized carbons (Fsp3) is 0.345. The van der Waals surface area contributed by atoms with Gasteiger partial charge in [0.15, 0.2) is 6.29 Å². The average molecular weight is 881 g/mol. The zero-order valence-electron chi connectivity index (χ0n) is 36.9. The van der Waals surface area contributed by atoms with E-state index in [0.29, 0.717) is 6.61 Å². The summed E-state index contributed by atoms with van der Waals surface area (Å²) in [5, 5.41) is 12.2. The molecule has 340 valence electrons. The van der Waals surface area contributed by atoms with Crippen LogP contribution in [0.4, 0.5) is 0 Å². The third-order valence-corrected chi connectivity index (χ3v) is 11.8. The minimum absolute atomic E-state index is 0.150. The number of aliphatic hydroxyl groups excluding tert-OH is 1. The maximum atomic E-state index is 12.2. The first-order chi connectivity index (χ1) is 32.1. The van der Waals surface area contributed by atoms with Crippen molar-refractivity contribution in [3.05, 3.63) is 215 Å². The van der Waals surface area contributed by atoms with E-state index in [1.54, 1.807) is 7.11 Å². The largest absolute Gasteiger partial charge is 0.390 e. The molecule has 8 rings (SSSR count).